The van der Waals surface area contributed by atoms with Crippen molar-refractivity contribution in [3.05, 3.63) is 0 Å². The first-order valence-electron chi connectivity index (χ1n) is 16.8. The third-order valence-corrected chi connectivity index (χ3v) is 9.07. The molecule has 0 bridgehead atoms. The fourth-order valence-corrected chi connectivity index (χ4v) is 6.01. The van der Waals surface area contributed by atoms with Crippen LogP contribution in [0.4, 0.5) is 0 Å². The molecule has 11 N–H and O–H groups in total. The number of nitrogens with zero attached hydrogens (tertiary/aromatic N) is 2. The molecule has 48 heavy (non-hydrogen) atoms. The van der Waals surface area contributed by atoms with Gasteiger partial charge in [0.25, 0.3) is 0 Å². The van der Waals surface area contributed by atoms with E-state index in [1.54, 1.807) is 13.8 Å². The highest BCUT2D eigenvalue weighted by Crippen LogP contribution is 2.24. The topological polar surface area (TPSA) is 273 Å². The van der Waals surface area contributed by atoms with Crippen molar-refractivity contribution >= 4 is 41.5 Å². The van der Waals surface area contributed by atoms with E-state index in [0.717, 1.165) is 0 Å². The Hall–Kier alpha value is -3.99. The molecule has 17 nitrogen and oxygen atoms in total. The van der Waals surface area contributed by atoms with E-state index in [-0.39, 0.29) is 24.3 Å². The van der Waals surface area contributed by atoms with E-state index in [9.17, 15) is 39.0 Å². The minimum atomic E-state index is -1.57. The van der Waals surface area contributed by atoms with Gasteiger partial charge >= 0.3 is 5.97 Å². The van der Waals surface area contributed by atoms with Crippen LogP contribution in [0.5, 0.6) is 0 Å². The zero-order chi connectivity index (χ0) is 36.3. The van der Waals surface area contributed by atoms with Crippen LogP contribution in [0, 0.1) is 17.2 Å². The zero-order valence-electron chi connectivity index (χ0n) is 28.7. The van der Waals surface area contributed by atoms with Crippen LogP contribution in [-0.4, -0.2) is 123 Å². The van der Waals surface area contributed by atoms with Crippen LogP contribution in [-0.2, 0) is 28.8 Å². The van der Waals surface area contributed by atoms with Crippen molar-refractivity contribution in [1.29, 1.82) is 5.41 Å². The number of hydrogen-bond acceptors (Lipinski definition) is 9. The lowest BCUT2D eigenvalue weighted by Gasteiger charge is -2.34. The Kier molecular flexibility index (Phi) is 15.5. The number of carbonyl (C=O) groups is 6. The number of nitrogens with one attached hydrogen (secondary N) is 5. The maximum Gasteiger partial charge on any atom is 0.328 e. The minimum Gasteiger partial charge on any atom is -0.480 e. The number of amides is 5. The molecule has 2 fully saturated rings. The lowest BCUT2D eigenvalue weighted by molar-refractivity contribution is -0.146. The predicted molar refractivity (Wildman–Crippen MR) is 176 cm³/mol. The number of aliphatic carboxylic acids is 1. The van der Waals surface area contributed by atoms with Crippen LogP contribution in [0.25, 0.3) is 0 Å². The first kappa shape index (κ1) is 40.2. The highest BCUT2D eigenvalue weighted by Gasteiger charge is 2.43. The van der Waals surface area contributed by atoms with Crippen LogP contribution >= 0.6 is 0 Å². The number of likely N-dealkylation sites (tertiary alicyclic amines) is 2. The summed E-state index contributed by atoms with van der Waals surface area (Å²) >= 11 is 0. The van der Waals surface area contributed by atoms with E-state index in [4.69, 9.17) is 16.9 Å². The normalized spacial score (nSPS) is 21.4. The van der Waals surface area contributed by atoms with Crippen molar-refractivity contribution in [2.24, 2.45) is 23.3 Å². The first-order chi connectivity index (χ1) is 22.5. The molecule has 5 amide bonds. The Morgan fingerprint density at radius 1 is 0.854 bits per heavy atom. The molecule has 0 radical (unpaired) electrons. The van der Waals surface area contributed by atoms with E-state index < -0.39 is 77.9 Å². The van der Waals surface area contributed by atoms with Crippen molar-refractivity contribution < 1.29 is 39.0 Å². The summed E-state index contributed by atoms with van der Waals surface area (Å²) in [6.45, 7) is 9.25. The van der Waals surface area contributed by atoms with Crippen molar-refractivity contribution in [2.75, 3.05) is 19.6 Å². The molecule has 8 atom stereocenters. The van der Waals surface area contributed by atoms with E-state index in [1.807, 2.05) is 13.8 Å². The third-order valence-electron chi connectivity index (χ3n) is 9.07. The van der Waals surface area contributed by atoms with Gasteiger partial charge in [-0.2, -0.15) is 0 Å². The summed E-state index contributed by atoms with van der Waals surface area (Å²) in [5.74, 6) is -5.03. The van der Waals surface area contributed by atoms with Gasteiger partial charge in [-0.3, -0.25) is 29.4 Å². The summed E-state index contributed by atoms with van der Waals surface area (Å²) in [6, 6.07) is -6.27. The molecule has 2 aliphatic rings. The SMILES string of the molecule is CC[C@H](C)[C@H](NC(=O)[C@@H]1CCCN1C(=O)[C@@H](N)CCCNC(=N)N)C(=O)N1CCC[C@H]1C(=O)N[C@H](C(=O)N[C@H](C(=O)O)[C@@H](C)O)C(C)C. The van der Waals surface area contributed by atoms with E-state index in [1.165, 1.54) is 16.7 Å². The molecule has 2 rings (SSSR count). The van der Waals surface area contributed by atoms with E-state index >= 15 is 0 Å². The van der Waals surface area contributed by atoms with Crippen molar-refractivity contribution in [3.8, 4) is 0 Å². The summed E-state index contributed by atoms with van der Waals surface area (Å²) in [5, 5.41) is 36.8. The molecule has 2 heterocycles. The van der Waals surface area contributed by atoms with Crippen LogP contribution in [0.2, 0.25) is 0 Å². The monoisotopic (exact) mass is 681 g/mol. The maximum atomic E-state index is 14.0. The summed E-state index contributed by atoms with van der Waals surface area (Å²) in [5.41, 5.74) is 11.4. The minimum absolute atomic E-state index is 0.177. The highest BCUT2D eigenvalue weighted by atomic mass is 16.4. The van der Waals surface area contributed by atoms with Crippen LogP contribution < -0.4 is 32.7 Å². The van der Waals surface area contributed by atoms with E-state index in [2.05, 4.69) is 21.3 Å². The van der Waals surface area contributed by atoms with Crippen molar-refractivity contribution in [3.63, 3.8) is 0 Å². The van der Waals surface area contributed by atoms with Crippen LogP contribution in [0.1, 0.15) is 79.6 Å². The molecule has 0 unspecified atom stereocenters. The van der Waals surface area contributed by atoms with Crippen molar-refractivity contribution in [2.45, 2.75) is 122 Å². The van der Waals surface area contributed by atoms with Gasteiger partial charge < -0.3 is 52.7 Å². The fraction of sp³-hybridized carbons (Fsp3) is 0.774. The Balaban J connectivity index is 2.15. The highest BCUT2D eigenvalue weighted by molar-refractivity contribution is 5.97. The molecule has 2 saturated heterocycles. The number of carbonyl (C=O) groups excluding carboxylic acids is 5. The number of hydrogen-bond donors (Lipinski definition) is 9. The predicted octanol–water partition coefficient (Wildman–Crippen LogP) is -1.82. The molecule has 0 saturated carbocycles. The Morgan fingerprint density at radius 3 is 1.83 bits per heavy atom. The molecule has 0 aromatic carbocycles. The molecular formula is C31H55N9O8. The number of nitrogens with two attached hydrogens (primary N) is 2. The lowest BCUT2D eigenvalue weighted by Crippen LogP contribution is -2.61. The summed E-state index contributed by atoms with van der Waals surface area (Å²) in [4.78, 5) is 81.7. The van der Waals surface area contributed by atoms with Gasteiger partial charge in [0.05, 0.1) is 12.1 Å². The van der Waals surface area contributed by atoms with Gasteiger partial charge in [-0.1, -0.05) is 34.1 Å². The zero-order valence-corrected chi connectivity index (χ0v) is 28.7. The van der Waals surface area contributed by atoms with Gasteiger partial charge in [-0.25, -0.2) is 4.79 Å². The standard InChI is InChI=1S/C31H55N9O8/c1-6-17(4)23(37-26(43)20-11-8-14-39(20)28(45)19(32)10-7-13-35-31(33)34)29(46)40-15-9-12-21(40)25(42)36-22(16(2)3)27(44)38-24(18(5)41)30(47)48/h16-24,41H,6-15,32H2,1-5H3,(H,36,42)(H,37,43)(H,38,44)(H,47,48)(H4,33,34,35)/t17-,18+,19-,20-,21-,22-,23-,24-/m0/s1. The number of aliphatic hydroxyl groups is 1. The quantitative estimate of drug-likeness (QED) is 0.0468. The van der Waals surface area contributed by atoms with Gasteiger partial charge in [0.1, 0.15) is 24.2 Å². The second-order valence-corrected chi connectivity index (χ2v) is 13.1. The number of aliphatic hydroxyl groups excluding tert-OH is 1. The molecule has 2 aliphatic heterocycles. The molecular weight excluding hydrogens is 626 g/mol. The smallest absolute Gasteiger partial charge is 0.328 e. The number of guanidine groups is 1. The second-order valence-electron chi connectivity index (χ2n) is 13.1. The number of carboxylic acid groups (broad SMARTS) is 1. The van der Waals surface area contributed by atoms with Gasteiger partial charge in [0, 0.05) is 19.6 Å². The van der Waals surface area contributed by atoms with Gasteiger partial charge in [-0.05, 0) is 57.3 Å². The average molecular weight is 682 g/mol. The third kappa shape index (κ3) is 10.8. The second kappa shape index (κ2) is 18.5. The van der Waals surface area contributed by atoms with Crippen LogP contribution in [0.3, 0.4) is 0 Å². The largest absolute Gasteiger partial charge is 0.480 e. The van der Waals surface area contributed by atoms with E-state index in [0.29, 0.717) is 58.0 Å². The summed E-state index contributed by atoms with van der Waals surface area (Å²) in [6.07, 6.45) is 1.82. The summed E-state index contributed by atoms with van der Waals surface area (Å²) < 4.78 is 0. The Morgan fingerprint density at radius 2 is 1.38 bits per heavy atom. The molecule has 0 aromatic rings. The lowest BCUT2D eigenvalue weighted by atomic mass is 9.96. The molecule has 0 aromatic heterocycles. The van der Waals surface area contributed by atoms with Gasteiger partial charge in [0.2, 0.25) is 29.5 Å². The molecule has 17 heteroatoms. The Labute approximate surface area is 281 Å². The molecule has 0 aliphatic carbocycles. The summed E-state index contributed by atoms with van der Waals surface area (Å²) in [7, 11) is 0. The molecule has 0 spiro atoms. The maximum absolute atomic E-state index is 14.0. The van der Waals surface area contributed by atoms with Crippen molar-refractivity contribution in [1.82, 2.24) is 31.1 Å². The van der Waals surface area contributed by atoms with Gasteiger partial charge in [0.15, 0.2) is 12.0 Å². The van der Waals surface area contributed by atoms with Gasteiger partial charge in [-0.15, -0.1) is 0 Å². The van der Waals surface area contributed by atoms with Crippen LogP contribution in [0.15, 0.2) is 0 Å². The number of rotatable bonds is 17. The fourth-order valence-electron chi connectivity index (χ4n) is 6.01. The number of carboxylic acids is 1. The first-order valence-corrected chi connectivity index (χ1v) is 16.8. The Bertz CT molecular complexity index is 1180. The molecule has 272 valence electrons. The average Bonchev–Trinajstić information content (AvgIpc) is 3.72.